The smallest absolute Gasteiger partial charge is 0.130 e. The lowest BCUT2D eigenvalue weighted by Crippen LogP contribution is -2.06. The lowest BCUT2D eigenvalue weighted by atomic mass is 10.3. The molecule has 4 heteroatoms. The minimum Gasteiger partial charge on any atom is -0.330 e. The van der Waals surface area contributed by atoms with E-state index in [1.54, 1.807) is 0 Å². The molecule has 0 spiro atoms. The zero-order valence-corrected chi connectivity index (χ0v) is 7.60. The Kier molecular flexibility index (Phi) is 2.28. The Morgan fingerprint density at radius 2 is 2.50 bits per heavy atom. The van der Waals surface area contributed by atoms with Gasteiger partial charge in [0.25, 0.3) is 0 Å². The second-order valence-electron chi connectivity index (χ2n) is 2.75. The Labute approximate surface area is 75.8 Å². The average molecular weight is 181 g/mol. The molecule has 3 nitrogen and oxygen atoms in total. The fourth-order valence-electron chi connectivity index (χ4n) is 1.23. The van der Waals surface area contributed by atoms with Crippen LogP contribution in [-0.4, -0.2) is 22.3 Å². The molecule has 0 aromatic carbocycles. The van der Waals surface area contributed by atoms with Crippen LogP contribution in [0.3, 0.4) is 0 Å². The van der Waals surface area contributed by atoms with E-state index < -0.39 is 0 Å². The summed E-state index contributed by atoms with van der Waals surface area (Å²) < 4.78 is 0. The summed E-state index contributed by atoms with van der Waals surface area (Å²) in [6.07, 6.45) is 3.84. The van der Waals surface area contributed by atoms with E-state index in [0.717, 1.165) is 29.4 Å². The number of aryl methyl sites for hydroxylation is 1. The van der Waals surface area contributed by atoms with Gasteiger partial charge < -0.3 is 5.73 Å². The van der Waals surface area contributed by atoms with Crippen molar-refractivity contribution in [1.29, 1.82) is 0 Å². The molecule has 0 atom stereocenters. The molecule has 0 fully saturated rings. The highest BCUT2D eigenvalue weighted by Gasteiger charge is 2.13. The molecule has 1 aliphatic rings. The summed E-state index contributed by atoms with van der Waals surface area (Å²) in [4.78, 5) is 8.65. The van der Waals surface area contributed by atoms with Crippen LogP contribution < -0.4 is 5.73 Å². The van der Waals surface area contributed by atoms with Crippen molar-refractivity contribution >= 4 is 11.8 Å². The van der Waals surface area contributed by atoms with Crippen molar-refractivity contribution in [3.05, 3.63) is 17.6 Å². The molecule has 64 valence electrons. The summed E-state index contributed by atoms with van der Waals surface area (Å²) in [6, 6.07) is 0. The van der Waals surface area contributed by atoms with Gasteiger partial charge in [-0.3, -0.25) is 0 Å². The van der Waals surface area contributed by atoms with Gasteiger partial charge in [0.15, 0.2) is 0 Å². The second kappa shape index (κ2) is 3.41. The van der Waals surface area contributed by atoms with E-state index in [1.807, 2.05) is 18.0 Å². The van der Waals surface area contributed by atoms with Gasteiger partial charge in [-0.05, 0) is 13.0 Å². The lowest BCUT2D eigenvalue weighted by molar-refractivity contribution is 0.824. The molecular formula is C8H11N3S. The molecule has 0 saturated heterocycles. The quantitative estimate of drug-likeness (QED) is 0.680. The minimum absolute atomic E-state index is 0.628. The Morgan fingerprint density at radius 1 is 1.58 bits per heavy atom. The van der Waals surface area contributed by atoms with Crippen molar-refractivity contribution in [2.24, 2.45) is 5.73 Å². The lowest BCUT2D eigenvalue weighted by Gasteiger charge is -1.99. The first-order valence-electron chi connectivity index (χ1n) is 4.08. The summed E-state index contributed by atoms with van der Waals surface area (Å²) in [5.74, 6) is 2.03. The first kappa shape index (κ1) is 8.01. The standard InChI is InChI=1S/C8H11N3S/c9-3-1-7-10-5-6-2-4-12-8(6)11-7/h5H,1-4,9H2. The maximum absolute atomic E-state index is 5.42. The highest BCUT2D eigenvalue weighted by atomic mass is 32.2. The number of hydrogen-bond acceptors (Lipinski definition) is 4. The van der Waals surface area contributed by atoms with Gasteiger partial charge in [-0.2, -0.15) is 0 Å². The normalized spacial score (nSPS) is 14.8. The molecule has 0 saturated carbocycles. The largest absolute Gasteiger partial charge is 0.330 e. The number of aromatic nitrogens is 2. The van der Waals surface area contributed by atoms with E-state index in [1.165, 1.54) is 5.56 Å². The van der Waals surface area contributed by atoms with E-state index in [0.29, 0.717) is 6.54 Å². The Morgan fingerprint density at radius 3 is 3.33 bits per heavy atom. The maximum atomic E-state index is 5.42. The molecule has 1 aromatic rings. The third-order valence-electron chi connectivity index (χ3n) is 1.85. The van der Waals surface area contributed by atoms with Crippen LogP contribution in [0.5, 0.6) is 0 Å². The van der Waals surface area contributed by atoms with Crippen molar-refractivity contribution in [2.75, 3.05) is 12.3 Å². The second-order valence-corrected chi connectivity index (χ2v) is 3.84. The zero-order valence-electron chi connectivity index (χ0n) is 6.79. The van der Waals surface area contributed by atoms with Crippen molar-refractivity contribution < 1.29 is 0 Å². The summed E-state index contributed by atoms with van der Waals surface area (Å²) >= 11 is 1.82. The van der Waals surface area contributed by atoms with Crippen LogP contribution in [0.4, 0.5) is 0 Å². The molecule has 0 bridgehead atoms. The molecule has 0 radical (unpaired) electrons. The third-order valence-corrected chi connectivity index (χ3v) is 2.89. The van der Waals surface area contributed by atoms with E-state index in [9.17, 15) is 0 Å². The number of thioether (sulfide) groups is 1. The summed E-state index contributed by atoms with van der Waals surface area (Å²) in [5.41, 5.74) is 6.71. The Bertz CT molecular complexity index is 288. The van der Waals surface area contributed by atoms with E-state index in [4.69, 9.17) is 5.73 Å². The van der Waals surface area contributed by atoms with Gasteiger partial charge >= 0.3 is 0 Å². The molecule has 1 aliphatic heterocycles. The van der Waals surface area contributed by atoms with Crippen LogP contribution in [0, 0.1) is 0 Å². The number of rotatable bonds is 2. The molecule has 1 aromatic heterocycles. The van der Waals surface area contributed by atoms with Crippen LogP contribution in [-0.2, 0) is 12.8 Å². The number of nitrogens with two attached hydrogens (primary N) is 1. The predicted octanol–water partition coefficient (Wildman–Crippen LogP) is 0.626. The highest BCUT2D eigenvalue weighted by molar-refractivity contribution is 7.99. The topological polar surface area (TPSA) is 51.8 Å². The maximum Gasteiger partial charge on any atom is 0.130 e. The van der Waals surface area contributed by atoms with Crippen LogP contribution in [0.1, 0.15) is 11.4 Å². The van der Waals surface area contributed by atoms with Gasteiger partial charge in [-0.1, -0.05) is 0 Å². The van der Waals surface area contributed by atoms with Gasteiger partial charge in [0.05, 0.1) is 0 Å². The number of nitrogens with zero attached hydrogens (tertiary/aromatic N) is 2. The van der Waals surface area contributed by atoms with Crippen LogP contribution in [0.2, 0.25) is 0 Å². The van der Waals surface area contributed by atoms with E-state index >= 15 is 0 Å². The molecular weight excluding hydrogens is 170 g/mol. The third kappa shape index (κ3) is 1.44. The van der Waals surface area contributed by atoms with Crippen molar-refractivity contribution in [3.8, 4) is 0 Å². The summed E-state index contributed by atoms with van der Waals surface area (Å²) in [7, 11) is 0. The fraction of sp³-hybridized carbons (Fsp3) is 0.500. The summed E-state index contributed by atoms with van der Waals surface area (Å²) in [6.45, 7) is 0.628. The van der Waals surface area contributed by atoms with Gasteiger partial charge in [-0.25, -0.2) is 9.97 Å². The number of fused-ring (bicyclic) bond motifs is 1. The fourth-order valence-corrected chi connectivity index (χ4v) is 2.25. The van der Waals surface area contributed by atoms with Gasteiger partial charge in [-0.15, -0.1) is 11.8 Å². The summed E-state index contributed by atoms with van der Waals surface area (Å²) in [5, 5.41) is 1.16. The van der Waals surface area contributed by atoms with E-state index in [2.05, 4.69) is 9.97 Å². The SMILES string of the molecule is NCCc1ncc2c(n1)SCC2. The molecule has 2 N–H and O–H groups in total. The Balaban J connectivity index is 2.26. The first-order valence-corrected chi connectivity index (χ1v) is 5.06. The van der Waals surface area contributed by atoms with E-state index in [-0.39, 0.29) is 0 Å². The van der Waals surface area contributed by atoms with Gasteiger partial charge in [0.2, 0.25) is 0 Å². The molecule has 0 unspecified atom stereocenters. The van der Waals surface area contributed by atoms with Crippen molar-refractivity contribution in [3.63, 3.8) is 0 Å². The number of hydrogen-bond donors (Lipinski definition) is 1. The van der Waals surface area contributed by atoms with Gasteiger partial charge in [0, 0.05) is 23.9 Å². The zero-order chi connectivity index (χ0) is 8.39. The molecule has 2 rings (SSSR count). The molecule has 0 amide bonds. The average Bonchev–Trinajstić information content (AvgIpc) is 2.51. The van der Waals surface area contributed by atoms with Gasteiger partial charge in [0.1, 0.15) is 10.9 Å². The minimum atomic E-state index is 0.628. The Hall–Kier alpha value is -0.610. The molecule has 2 heterocycles. The van der Waals surface area contributed by atoms with Crippen LogP contribution in [0.25, 0.3) is 0 Å². The monoisotopic (exact) mass is 181 g/mol. The van der Waals surface area contributed by atoms with Crippen LogP contribution in [0.15, 0.2) is 11.2 Å². The molecule has 12 heavy (non-hydrogen) atoms. The molecule has 0 aliphatic carbocycles. The van der Waals surface area contributed by atoms with Crippen molar-refractivity contribution in [1.82, 2.24) is 9.97 Å². The predicted molar refractivity (Wildman–Crippen MR) is 49.2 cm³/mol. The van der Waals surface area contributed by atoms with Crippen molar-refractivity contribution in [2.45, 2.75) is 17.9 Å². The highest BCUT2D eigenvalue weighted by Crippen LogP contribution is 2.28. The van der Waals surface area contributed by atoms with Crippen LogP contribution >= 0.6 is 11.8 Å². The first-order chi connectivity index (χ1) is 5.90.